The zero-order valence-corrected chi connectivity index (χ0v) is 32.5. The second-order valence-corrected chi connectivity index (χ2v) is 14.7. The van der Waals surface area contributed by atoms with Gasteiger partial charge in [-0.3, -0.25) is 14.8 Å². The van der Waals surface area contributed by atoms with E-state index in [1.54, 1.807) is 11.3 Å². The summed E-state index contributed by atoms with van der Waals surface area (Å²) in [5, 5.41) is 16.0. The number of benzene rings is 2. The van der Waals surface area contributed by atoms with Gasteiger partial charge < -0.3 is 5.11 Å². The van der Waals surface area contributed by atoms with E-state index in [-0.39, 0.29) is 47.9 Å². The summed E-state index contributed by atoms with van der Waals surface area (Å²) in [5.41, 5.74) is 5.15. The predicted molar refractivity (Wildman–Crippen MR) is 196 cm³/mol. The number of rotatable bonds is 9. The first-order chi connectivity index (χ1) is 21.8. The van der Waals surface area contributed by atoms with E-state index in [0.717, 1.165) is 42.3 Å². The Morgan fingerprint density at radius 3 is 2.17 bits per heavy atom. The van der Waals surface area contributed by atoms with Gasteiger partial charge in [0.05, 0.1) is 4.70 Å². The van der Waals surface area contributed by atoms with E-state index in [4.69, 9.17) is 0 Å². The van der Waals surface area contributed by atoms with Crippen molar-refractivity contribution in [3.05, 3.63) is 96.0 Å². The second kappa shape index (κ2) is 15.8. The molecule has 0 saturated heterocycles. The Hall–Kier alpha value is -3.18. The zero-order chi connectivity index (χ0) is 33.7. The van der Waals surface area contributed by atoms with Crippen LogP contribution in [0, 0.1) is 16.9 Å². The van der Waals surface area contributed by atoms with Gasteiger partial charge in [0.1, 0.15) is 5.76 Å². The molecule has 3 heterocycles. The number of carbonyl (C=O) groups is 1. The van der Waals surface area contributed by atoms with Crippen molar-refractivity contribution in [2.45, 2.75) is 93.4 Å². The molecule has 0 unspecified atom stereocenters. The van der Waals surface area contributed by atoms with Gasteiger partial charge in [-0.1, -0.05) is 97.5 Å². The molecule has 251 valence electrons. The first-order valence-electron chi connectivity index (χ1n) is 16.5. The SMILES string of the molecule is CC(C)(C)c1cc(-c2cc(-c3csc4cnccc34)ccn2)[c-]c2ccccc12.CCC(C)(CC)C(=O)/C=C(\O)C(C)(CC)CC.[Ir]. The summed E-state index contributed by atoms with van der Waals surface area (Å²) in [4.78, 5) is 21.1. The minimum absolute atomic E-state index is 0. The molecule has 0 spiro atoms. The zero-order valence-electron chi connectivity index (χ0n) is 29.3. The van der Waals surface area contributed by atoms with E-state index in [1.165, 1.54) is 38.2 Å². The summed E-state index contributed by atoms with van der Waals surface area (Å²) in [6, 6.07) is 20.7. The van der Waals surface area contributed by atoms with Crippen LogP contribution in [-0.4, -0.2) is 20.9 Å². The minimum Gasteiger partial charge on any atom is -0.512 e. The number of ketones is 1. The number of allylic oxidation sites excluding steroid dienone is 2. The predicted octanol–water partition coefficient (Wildman–Crippen LogP) is 11.9. The molecule has 4 nitrogen and oxygen atoms in total. The molecule has 3 aromatic heterocycles. The van der Waals surface area contributed by atoms with Crippen molar-refractivity contribution in [1.29, 1.82) is 0 Å². The van der Waals surface area contributed by atoms with E-state index in [0.29, 0.717) is 0 Å². The number of hydrogen-bond acceptors (Lipinski definition) is 5. The molecule has 0 fully saturated rings. The van der Waals surface area contributed by atoms with Gasteiger partial charge >= 0.3 is 0 Å². The number of nitrogens with zero attached hydrogens (tertiary/aromatic N) is 2. The minimum atomic E-state index is -0.337. The fraction of sp³-hybridized carbons (Fsp3) is 0.390. The molecular formula is C41H49IrN2O2S-. The van der Waals surface area contributed by atoms with Crippen LogP contribution in [-0.2, 0) is 30.3 Å². The van der Waals surface area contributed by atoms with Crippen LogP contribution >= 0.6 is 11.3 Å². The van der Waals surface area contributed by atoms with Gasteiger partial charge in [-0.05, 0) is 59.7 Å². The average molecular weight is 826 g/mol. The standard InChI is InChI=1S/C26H21N2S.C15H28O2.Ir/c1-26(2,3)23-13-19(12-17-6-4-5-7-20(17)23)24-14-18(8-11-28-24)22-16-29-25-15-27-10-9-21(22)25;1-7-14(5,8-2)12(16)11-13(17)15(6,9-3)10-4;/h4-11,13-16H,1-3H3;11,16H,7-10H2,1-6H3;/q-1;;/b;12-11-;. The molecule has 0 aliphatic rings. The molecule has 5 aromatic rings. The smallest absolute Gasteiger partial charge is 0.164 e. The number of carbonyl (C=O) groups excluding carboxylic acids is 1. The summed E-state index contributed by atoms with van der Waals surface area (Å²) in [6.45, 7) is 18.9. The van der Waals surface area contributed by atoms with Crippen LogP contribution in [0.1, 0.15) is 93.6 Å². The quantitative estimate of drug-likeness (QED) is 0.0913. The Balaban J connectivity index is 0.000000290. The van der Waals surface area contributed by atoms with Crippen LogP contribution in [0.3, 0.4) is 0 Å². The van der Waals surface area contributed by atoms with Crippen molar-refractivity contribution in [3.63, 3.8) is 0 Å². The topological polar surface area (TPSA) is 63.1 Å². The Morgan fingerprint density at radius 2 is 1.53 bits per heavy atom. The van der Waals surface area contributed by atoms with Crippen molar-refractivity contribution in [2.24, 2.45) is 10.8 Å². The van der Waals surface area contributed by atoms with E-state index in [9.17, 15) is 9.90 Å². The maximum absolute atomic E-state index is 12.2. The van der Waals surface area contributed by atoms with Gasteiger partial charge in [-0.2, -0.15) is 0 Å². The molecule has 0 bridgehead atoms. The number of fused-ring (bicyclic) bond motifs is 2. The second-order valence-electron chi connectivity index (χ2n) is 13.8. The van der Waals surface area contributed by atoms with Gasteiger partial charge in [0, 0.05) is 66.7 Å². The van der Waals surface area contributed by atoms with Crippen LogP contribution in [0.2, 0.25) is 0 Å². The Labute approximate surface area is 299 Å². The Bertz CT molecular complexity index is 1840. The summed E-state index contributed by atoms with van der Waals surface area (Å²) < 4.78 is 1.20. The van der Waals surface area contributed by atoms with Gasteiger partial charge in [0.25, 0.3) is 0 Å². The number of thiophene rings is 1. The maximum atomic E-state index is 12.2. The molecule has 47 heavy (non-hydrogen) atoms. The van der Waals surface area contributed by atoms with E-state index in [2.05, 4.69) is 90.7 Å². The molecule has 6 heteroatoms. The number of aliphatic hydroxyl groups excluding tert-OH is 1. The van der Waals surface area contributed by atoms with Crippen LogP contribution in [0.25, 0.3) is 43.2 Å². The summed E-state index contributed by atoms with van der Waals surface area (Å²) in [5.74, 6) is 0.286. The molecule has 0 aliphatic carbocycles. The van der Waals surface area contributed by atoms with Crippen molar-refractivity contribution in [3.8, 4) is 22.4 Å². The Kier molecular flexibility index (Phi) is 12.9. The summed E-state index contributed by atoms with van der Waals surface area (Å²) in [7, 11) is 0. The van der Waals surface area contributed by atoms with Crippen LogP contribution in [0.5, 0.6) is 0 Å². The van der Waals surface area contributed by atoms with Crippen LogP contribution in [0.15, 0.2) is 84.3 Å². The van der Waals surface area contributed by atoms with Crippen molar-refractivity contribution < 1.29 is 30.0 Å². The van der Waals surface area contributed by atoms with Crippen molar-refractivity contribution >= 4 is 38.0 Å². The summed E-state index contributed by atoms with van der Waals surface area (Å²) in [6.07, 6.45) is 10.4. The third-order valence-corrected chi connectivity index (χ3v) is 10.8. The van der Waals surface area contributed by atoms with Gasteiger partial charge in [0.2, 0.25) is 0 Å². The monoisotopic (exact) mass is 826 g/mol. The number of aromatic nitrogens is 2. The molecular weight excluding hydrogens is 777 g/mol. The third-order valence-electron chi connectivity index (χ3n) is 9.91. The number of hydrogen-bond donors (Lipinski definition) is 1. The number of aliphatic hydroxyl groups is 1. The van der Waals surface area contributed by atoms with E-state index >= 15 is 0 Å². The fourth-order valence-electron chi connectivity index (χ4n) is 5.52. The third kappa shape index (κ3) is 8.46. The van der Waals surface area contributed by atoms with Crippen LogP contribution in [0.4, 0.5) is 0 Å². The molecule has 0 aliphatic heterocycles. The van der Waals surface area contributed by atoms with Gasteiger partial charge in [-0.25, -0.2) is 0 Å². The van der Waals surface area contributed by atoms with Crippen molar-refractivity contribution in [2.75, 3.05) is 0 Å². The van der Waals surface area contributed by atoms with E-state index < -0.39 is 0 Å². The molecule has 2 aromatic carbocycles. The van der Waals surface area contributed by atoms with Gasteiger partial charge in [-0.15, -0.1) is 40.5 Å². The van der Waals surface area contributed by atoms with Gasteiger partial charge in [0.15, 0.2) is 5.78 Å². The molecule has 5 rings (SSSR count). The van der Waals surface area contributed by atoms with E-state index in [1.807, 2.05) is 60.1 Å². The Morgan fingerprint density at radius 1 is 0.872 bits per heavy atom. The molecule has 1 N–H and O–H groups in total. The largest absolute Gasteiger partial charge is 0.512 e. The normalized spacial score (nSPS) is 12.4. The van der Waals surface area contributed by atoms with Crippen molar-refractivity contribution in [1.82, 2.24) is 9.97 Å². The average Bonchev–Trinajstić information content (AvgIpc) is 3.51. The first-order valence-corrected chi connectivity index (χ1v) is 17.4. The molecule has 0 saturated carbocycles. The molecule has 0 atom stereocenters. The molecule has 1 radical (unpaired) electrons. The first kappa shape index (κ1) is 38.3. The maximum Gasteiger partial charge on any atom is 0.164 e. The fourth-order valence-corrected chi connectivity index (χ4v) is 6.46. The van der Waals surface area contributed by atoms with Crippen LogP contribution < -0.4 is 0 Å². The number of pyridine rings is 2. The summed E-state index contributed by atoms with van der Waals surface area (Å²) >= 11 is 1.73. The molecule has 0 amide bonds.